The lowest BCUT2D eigenvalue weighted by atomic mass is 9.47. The number of Topliss-reactive ketones (excluding diaryl/α,β-unsaturated/α-hetero) is 2. The lowest BCUT2D eigenvalue weighted by Crippen LogP contribution is -2.66. The first-order valence-electron chi connectivity index (χ1n) is 9.27. The van der Waals surface area contributed by atoms with Gasteiger partial charge in [-0.3, -0.25) is 14.4 Å². The van der Waals surface area contributed by atoms with Crippen LogP contribution in [0.3, 0.4) is 0 Å². The van der Waals surface area contributed by atoms with Crippen LogP contribution in [0.25, 0.3) is 0 Å². The Morgan fingerprint density at radius 1 is 1.30 bits per heavy atom. The van der Waals surface area contributed by atoms with Crippen LogP contribution in [0.4, 0.5) is 4.39 Å². The number of halogens is 1. The predicted octanol–water partition coefficient (Wildman–Crippen LogP) is 1.63. The average molecular weight is 374 g/mol. The summed E-state index contributed by atoms with van der Waals surface area (Å²) < 4.78 is 16.6. The number of carbonyl (C=O) groups excluding carboxylic acids is 3. The molecule has 0 bridgehead atoms. The molecule has 27 heavy (non-hydrogen) atoms. The average Bonchev–Trinajstić information content (AvgIpc) is 2.88. The van der Waals surface area contributed by atoms with Gasteiger partial charge in [-0.25, -0.2) is 4.39 Å². The van der Waals surface area contributed by atoms with Crippen LogP contribution in [0.2, 0.25) is 0 Å². The molecule has 2 fully saturated rings. The van der Waals surface area contributed by atoms with E-state index in [1.54, 1.807) is 26.0 Å². The maximum atomic E-state index is 16.6. The van der Waals surface area contributed by atoms with Gasteiger partial charge >= 0.3 is 0 Å². The third kappa shape index (κ3) is 1.93. The molecule has 6 heteroatoms. The molecule has 0 aromatic carbocycles. The molecule has 0 radical (unpaired) electrons. The predicted molar refractivity (Wildman–Crippen MR) is 94.3 cm³/mol. The van der Waals surface area contributed by atoms with Crippen LogP contribution in [-0.4, -0.2) is 45.4 Å². The molecule has 0 spiro atoms. The number of allylic oxidation sites excluding steroid dienone is 6. The Labute approximate surface area is 156 Å². The second-order valence-corrected chi connectivity index (χ2v) is 8.74. The van der Waals surface area contributed by atoms with Crippen molar-refractivity contribution in [2.24, 2.45) is 22.7 Å². The Morgan fingerprint density at radius 3 is 2.67 bits per heavy atom. The number of aliphatic hydroxyl groups is 2. The minimum absolute atomic E-state index is 0.0923. The lowest BCUT2D eigenvalue weighted by molar-refractivity contribution is -0.177. The van der Waals surface area contributed by atoms with Gasteiger partial charge in [-0.2, -0.15) is 0 Å². The van der Waals surface area contributed by atoms with E-state index >= 15 is 4.39 Å². The molecule has 0 aromatic rings. The molecule has 144 valence electrons. The Bertz CT molecular complexity index is 857. The minimum atomic E-state index is -2.25. The summed E-state index contributed by atoms with van der Waals surface area (Å²) in [5.41, 5.74) is -6.03. The molecule has 2 saturated carbocycles. The van der Waals surface area contributed by atoms with E-state index in [0.717, 1.165) is 0 Å². The number of ketones is 3. The molecule has 0 aliphatic heterocycles. The SMILES string of the molecule is C[C@]12C=CC(=O)C=C1C=C[C@H]1[C@@H]3CC[C@](O)(C(=O)CO)[C@@]3(C)CC(=O)[C@@]12F. The summed E-state index contributed by atoms with van der Waals surface area (Å²) in [6.07, 6.45) is 7.62. The van der Waals surface area contributed by atoms with Crippen molar-refractivity contribution in [2.75, 3.05) is 6.61 Å². The number of alkyl halides is 1. The van der Waals surface area contributed by atoms with E-state index in [-0.39, 0.29) is 18.6 Å². The summed E-state index contributed by atoms with van der Waals surface area (Å²) >= 11 is 0. The number of carbonyl (C=O) groups is 3. The van der Waals surface area contributed by atoms with Crippen molar-refractivity contribution >= 4 is 17.3 Å². The van der Waals surface area contributed by atoms with Gasteiger partial charge < -0.3 is 10.2 Å². The Balaban J connectivity index is 1.87. The third-order valence-corrected chi connectivity index (χ3v) is 7.73. The van der Waals surface area contributed by atoms with Gasteiger partial charge in [0, 0.05) is 17.8 Å². The molecule has 4 rings (SSSR count). The largest absolute Gasteiger partial charge is 0.388 e. The van der Waals surface area contributed by atoms with E-state index in [1.807, 2.05) is 0 Å². The second-order valence-electron chi connectivity index (χ2n) is 8.74. The Hall–Kier alpha value is -1.92. The van der Waals surface area contributed by atoms with Crippen molar-refractivity contribution in [1.82, 2.24) is 0 Å². The van der Waals surface area contributed by atoms with Gasteiger partial charge in [0.05, 0.1) is 5.41 Å². The van der Waals surface area contributed by atoms with Crippen molar-refractivity contribution in [3.63, 3.8) is 0 Å². The fourth-order valence-electron chi connectivity index (χ4n) is 6.00. The zero-order valence-corrected chi connectivity index (χ0v) is 15.4. The van der Waals surface area contributed by atoms with Crippen LogP contribution in [-0.2, 0) is 14.4 Å². The van der Waals surface area contributed by atoms with E-state index in [0.29, 0.717) is 12.0 Å². The number of rotatable bonds is 2. The summed E-state index contributed by atoms with van der Waals surface area (Å²) in [6, 6.07) is 0. The quantitative estimate of drug-likeness (QED) is 0.767. The fraction of sp³-hybridized carbons (Fsp3) is 0.571. The smallest absolute Gasteiger partial charge is 0.190 e. The van der Waals surface area contributed by atoms with Crippen LogP contribution in [0.15, 0.2) is 36.0 Å². The second kappa shape index (κ2) is 5.32. The highest BCUT2D eigenvalue weighted by atomic mass is 19.1. The van der Waals surface area contributed by atoms with Gasteiger partial charge in [-0.1, -0.05) is 25.2 Å². The van der Waals surface area contributed by atoms with E-state index < -0.39 is 52.1 Å². The highest BCUT2D eigenvalue weighted by Crippen LogP contribution is 2.67. The van der Waals surface area contributed by atoms with E-state index in [9.17, 15) is 24.6 Å². The first-order valence-corrected chi connectivity index (χ1v) is 9.27. The highest BCUT2D eigenvalue weighted by Gasteiger charge is 2.73. The molecule has 0 saturated heterocycles. The fourth-order valence-corrected chi connectivity index (χ4v) is 6.00. The Kier molecular flexibility index (Phi) is 3.64. The Morgan fingerprint density at radius 2 is 2.00 bits per heavy atom. The van der Waals surface area contributed by atoms with Gasteiger partial charge in [0.2, 0.25) is 0 Å². The molecule has 5 nitrogen and oxygen atoms in total. The van der Waals surface area contributed by atoms with Crippen LogP contribution in [0, 0.1) is 22.7 Å². The van der Waals surface area contributed by atoms with Crippen molar-refractivity contribution in [3.05, 3.63) is 36.0 Å². The number of hydrogen-bond donors (Lipinski definition) is 2. The normalized spacial score (nSPS) is 48.0. The highest BCUT2D eigenvalue weighted by molar-refractivity contribution is 6.03. The molecular formula is C21H23FO5. The monoisotopic (exact) mass is 374 g/mol. The van der Waals surface area contributed by atoms with Gasteiger partial charge in [0.25, 0.3) is 0 Å². The standard InChI is InChI=1S/C21H23FO5/c1-18-7-5-13(24)9-12(18)3-4-15-14-6-8-20(27,17(26)11-23)19(14,2)10-16(25)21(15,18)22/h3-5,7,9,14-15,23,27H,6,8,10-11H2,1-2H3/t14-,15-,18-,19-,20-,21-/m0/s1. The molecule has 0 unspecified atom stereocenters. The van der Waals surface area contributed by atoms with E-state index in [1.165, 1.54) is 18.2 Å². The summed E-state index contributed by atoms with van der Waals surface area (Å²) in [7, 11) is 0. The van der Waals surface area contributed by atoms with Crippen molar-refractivity contribution < 1.29 is 29.0 Å². The van der Waals surface area contributed by atoms with Crippen LogP contribution in [0.5, 0.6) is 0 Å². The van der Waals surface area contributed by atoms with E-state index in [4.69, 9.17) is 0 Å². The third-order valence-electron chi connectivity index (χ3n) is 7.73. The van der Waals surface area contributed by atoms with Crippen molar-refractivity contribution in [1.29, 1.82) is 0 Å². The number of hydrogen-bond acceptors (Lipinski definition) is 5. The summed E-state index contributed by atoms with van der Waals surface area (Å²) in [6.45, 7) is 2.46. The van der Waals surface area contributed by atoms with Gasteiger partial charge in [-0.15, -0.1) is 0 Å². The zero-order chi connectivity index (χ0) is 19.8. The van der Waals surface area contributed by atoms with Crippen LogP contribution in [0.1, 0.15) is 33.1 Å². The number of fused-ring (bicyclic) bond motifs is 5. The topological polar surface area (TPSA) is 91.7 Å². The molecule has 4 aliphatic carbocycles. The van der Waals surface area contributed by atoms with E-state index in [2.05, 4.69) is 0 Å². The summed E-state index contributed by atoms with van der Waals surface area (Å²) in [5.74, 6) is -2.88. The molecule has 0 heterocycles. The first kappa shape index (κ1) is 18.4. The lowest BCUT2D eigenvalue weighted by Gasteiger charge is -2.57. The summed E-state index contributed by atoms with van der Waals surface area (Å²) in [4.78, 5) is 37.2. The molecule has 0 amide bonds. The molecule has 4 aliphatic rings. The summed E-state index contributed by atoms with van der Waals surface area (Å²) in [5, 5.41) is 20.4. The molecular weight excluding hydrogens is 351 g/mol. The molecule has 0 aromatic heterocycles. The van der Waals surface area contributed by atoms with Crippen LogP contribution >= 0.6 is 0 Å². The first-order chi connectivity index (χ1) is 12.5. The maximum Gasteiger partial charge on any atom is 0.190 e. The molecule has 6 atom stereocenters. The van der Waals surface area contributed by atoms with Crippen molar-refractivity contribution in [2.45, 2.75) is 44.4 Å². The van der Waals surface area contributed by atoms with Crippen molar-refractivity contribution in [3.8, 4) is 0 Å². The van der Waals surface area contributed by atoms with Crippen LogP contribution < -0.4 is 0 Å². The maximum absolute atomic E-state index is 16.6. The van der Waals surface area contributed by atoms with Gasteiger partial charge in [-0.05, 0) is 43.4 Å². The van der Waals surface area contributed by atoms with Gasteiger partial charge in [0.1, 0.15) is 12.2 Å². The number of aliphatic hydroxyl groups excluding tert-OH is 1. The minimum Gasteiger partial charge on any atom is -0.388 e. The molecule has 2 N–H and O–H groups in total. The zero-order valence-electron chi connectivity index (χ0n) is 15.4. The van der Waals surface area contributed by atoms with Gasteiger partial charge in [0.15, 0.2) is 23.0 Å².